The van der Waals surface area contributed by atoms with Gasteiger partial charge in [-0.1, -0.05) is 42.1 Å². The summed E-state index contributed by atoms with van der Waals surface area (Å²) in [6.07, 6.45) is 1.92. The summed E-state index contributed by atoms with van der Waals surface area (Å²) in [7, 11) is 1.85. The Morgan fingerprint density at radius 3 is 2.35 bits per heavy atom. The van der Waals surface area contributed by atoms with Crippen molar-refractivity contribution in [3.05, 3.63) is 76.7 Å². The van der Waals surface area contributed by atoms with Crippen LogP contribution >= 0.6 is 11.8 Å². The van der Waals surface area contributed by atoms with Crippen molar-refractivity contribution in [1.29, 1.82) is 0 Å². The molecule has 4 rings (SSSR count). The summed E-state index contributed by atoms with van der Waals surface area (Å²) < 4.78 is 3.45. The van der Waals surface area contributed by atoms with Crippen LogP contribution in [0.2, 0.25) is 0 Å². The Morgan fingerprint density at radius 2 is 1.74 bits per heavy atom. The third-order valence-corrected chi connectivity index (χ3v) is 6.45. The molecular formula is C26H26N4O3S. The lowest BCUT2D eigenvalue weighted by molar-refractivity contribution is -0.113. The molecule has 0 saturated carbocycles. The van der Waals surface area contributed by atoms with Gasteiger partial charge in [0.2, 0.25) is 5.91 Å². The van der Waals surface area contributed by atoms with Gasteiger partial charge in [-0.25, -0.2) is 4.98 Å². The molecule has 7 nitrogen and oxygen atoms in total. The van der Waals surface area contributed by atoms with Crippen molar-refractivity contribution in [2.75, 3.05) is 11.1 Å². The van der Waals surface area contributed by atoms with Crippen molar-refractivity contribution in [1.82, 2.24) is 14.1 Å². The monoisotopic (exact) mass is 474 g/mol. The highest BCUT2D eigenvalue weighted by Crippen LogP contribution is 2.30. The van der Waals surface area contributed by atoms with Crippen LogP contribution in [0.3, 0.4) is 0 Å². The van der Waals surface area contributed by atoms with E-state index in [1.165, 1.54) is 18.7 Å². The SMILES string of the molecule is CC(=O)c1ccc(NC(=O)CSc2nc3c(-c4ccccc4)cn(C)c3c(=O)n2C(C)C)cc1. The fraction of sp³-hybridized carbons (Fsp3) is 0.231. The maximum absolute atomic E-state index is 13.4. The molecular weight excluding hydrogens is 448 g/mol. The zero-order chi connectivity index (χ0) is 24.4. The van der Waals surface area contributed by atoms with Crippen molar-refractivity contribution in [2.45, 2.75) is 32.0 Å². The van der Waals surface area contributed by atoms with E-state index in [4.69, 9.17) is 4.98 Å². The molecule has 0 aliphatic rings. The molecule has 174 valence electrons. The Kier molecular flexibility index (Phi) is 6.70. The number of fused-ring (bicyclic) bond motifs is 1. The first-order valence-corrected chi connectivity index (χ1v) is 12.0. The highest BCUT2D eigenvalue weighted by atomic mass is 32.2. The van der Waals surface area contributed by atoms with Crippen LogP contribution in [0.25, 0.3) is 22.2 Å². The number of hydrogen-bond donors (Lipinski definition) is 1. The number of benzene rings is 2. The molecule has 0 bridgehead atoms. The third kappa shape index (κ3) is 4.68. The number of carbonyl (C=O) groups excluding carboxylic acids is 2. The predicted octanol–water partition coefficient (Wildman–Crippen LogP) is 4.92. The van der Waals surface area contributed by atoms with E-state index < -0.39 is 0 Å². The second-order valence-corrected chi connectivity index (χ2v) is 9.29. The topological polar surface area (TPSA) is 86.0 Å². The fourth-order valence-electron chi connectivity index (χ4n) is 3.83. The molecule has 0 fully saturated rings. The lowest BCUT2D eigenvalue weighted by Gasteiger charge is -2.16. The molecule has 4 aromatic rings. The van der Waals surface area contributed by atoms with Crippen molar-refractivity contribution in [3.8, 4) is 11.1 Å². The first kappa shape index (κ1) is 23.5. The molecule has 0 unspecified atom stereocenters. The molecule has 0 aliphatic heterocycles. The number of aromatic nitrogens is 3. The Hall–Kier alpha value is -3.65. The van der Waals surface area contributed by atoms with Gasteiger partial charge in [0, 0.05) is 36.1 Å². The molecule has 2 aromatic heterocycles. The Morgan fingerprint density at radius 1 is 1.06 bits per heavy atom. The smallest absolute Gasteiger partial charge is 0.278 e. The van der Waals surface area contributed by atoms with Gasteiger partial charge in [-0.3, -0.25) is 19.0 Å². The van der Waals surface area contributed by atoms with Crippen molar-refractivity contribution in [3.63, 3.8) is 0 Å². The van der Waals surface area contributed by atoms with Crippen LogP contribution in [0.15, 0.2) is 70.7 Å². The van der Waals surface area contributed by atoms with Gasteiger partial charge in [-0.2, -0.15) is 0 Å². The number of hydrogen-bond acceptors (Lipinski definition) is 5. The number of amides is 1. The van der Waals surface area contributed by atoms with Crippen LogP contribution in [0.5, 0.6) is 0 Å². The van der Waals surface area contributed by atoms with E-state index in [2.05, 4.69) is 5.32 Å². The van der Waals surface area contributed by atoms with Crippen LogP contribution in [0, 0.1) is 0 Å². The van der Waals surface area contributed by atoms with Gasteiger partial charge in [0.05, 0.1) is 5.75 Å². The zero-order valence-corrected chi connectivity index (χ0v) is 20.3. The van der Waals surface area contributed by atoms with E-state index in [0.29, 0.717) is 27.4 Å². The molecule has 2 aromatic carbocycles. The van der Waals surface area contributed by atoms with E-state index >= 15 is 0 Å². The molecule has 34 heavy (non-hydrogen) atoms. The maximum Gasteiger partial charge on any atom is 0.278 e. The average Bonchev–Trinajstić information content (AvgIpc) is 3.15. The Labute approximate surface area is 201 Å². The summed E-state index contributed by atoms with van der Waals surface area (Å²) in [6, 6.07) is 16.5. The van der Waals surface area contributed by atoms with Crippen LogP contribution < -0.4 is 10.9 Å². The van der Waals surface area contributed by atoms with Gasteiger partial charge < -0.3 is 9.88 Å². The number of aryl methyl sites for hydroxylation is 1. The van der Waals surface area contributed by atoms with E-state index in [9.17, 15) is 14.4 Å². The van der Waals surface area contributed by atoms with Crippen molar-refractivity contribution >= 4 is 40.2 Å². The van der Waals surface area contributed by atoms with E-state index in [0.717, 1.165) is 11.1 Å². The summed E-state index contributed by atoms with van der Waals surface area (Å²) in [5, 5.41) is 3.33. The molecule has 0 aliphatic carbocycles. The molecule has 0 atom stereocenters. The fourth-order valence-corrected chi connectivity index (χ4v) is 4.75. The highest BCUT2D eigenvalue weighted by Gasteiger charge is 2.20. The highest BCUT2D eigenvalue weighted by molar-refractivity contribution is 7.99. The number of rotatable bonds is 7. The molecule has 0 spiro atoms. The summed E-state index contributed by atoms with van der Waals surface area (Å²) >= 11 is 1.23. The maximum atomic E-state index is 13.4. The quantitative estimate of drug-likeness (QED) is 0.234. The van der Waals surface area contributed by atoms with Gasteiger partial charge in [0.1, 0.15) is 11.0 Å². The zero-order valence-electron chi connectivity index (χ0n) is 19.5. The predicted molar refractivity (Wildman–Crippen MR) is 137 cm³/mol. The second-order valence-electron chi connectivity index (χ2n) is 8.35. The average molecular weight is 475 g/mol. The molecule has 0 radical (unpaired) electrons. The minimum atomic E-state index is -0.221. The van der Waals surface area contributed by atoms with Crippen LogP contribution in [-0.4, -0.2) is 31.6 Å². The number of Topliss-reactive ketones (excluding diaryl/α,β-unsaturated/α-hetero) is 1. The number of carbonyl (C=O) groups is 2. The molecule has 8 heteroatoms. The summed E-state index contributed by atoms with van der Waals surface area (Å²) in [5.41, 5.74) is 4.07. The summed E-state index contributed by atoms with van der Waals surface area (Å²) in [6.45, 7) is 5.35. The van der Waals surface area contributed by atoms with E-state index in [1.807, 2.05) is 62.0 Å². The van der Waals surface area contributed by atoms with Gasteiger partial charge >= 0.3 is 0 Å². The number of nitrogens with one attached hydrogen (secondary N) is 1. The summed E-state index contributed by atoms with van der Waals surface area (Å²) in [4.78, 5) is 42.3. The first-order chi connectivity index (χ1) is 16.3. The first-order valence-electron chi connectivity index (χ1n) is 11.0. The largest absolute Gasteiger partial charge is 0.344 e. The van der Waals surface area contributed by atoms with E-state index in [-0.39, 0.29) is 29.0 Å². The molecule has 0 saturated heterocycles. The number of ketones is 1. The number of anilines is 1. The minimum Gasteiger partial charge on any atom is -0.344 e. The third-order valence-electron chi connectivity index (χ3n) is 5.50. The lowest BCUT2D eigenvalue weighted by atomic mass is 10.1. The van der Waals surface area contributed by atoms with Crippen molar-refractivity contribution < 1.29 is 9.59 Å². The Balaban J connectivity index is 1.64. The van der Waals surface area contributed by atoms with Crippen LogP contribution in [0.4, 0.5) is 5.69 Å². The van der Waals surface area contributed by atoms with Gasteiger partial charge in [0.25, 0.3) is 5.56 Å². The molecule has 1 N–H and O–H groups in total. The summed E-state index contributed by atoms with van der Waals surface area (Å²) in [5.74, 6) is -0.161. The standard InChI is InChI=1S/C26H26N4O3S/c1-16(2)30-25(33)24-23(21(14-29(24)4)19-8-6-5-7-9-19)28-26(30)34-15-22(32)27-20-12-10-18(11-13-20)17(3)31/h5-14,16H,15H2,1-4H3,(H,27,32). The lowest BCUT2D eigenvalue weighted by Crippen LogP contribution is -2.26. The Bertz CT molecular complexity index is 1420. The normalized spacial score (nSPS) is 11.2. The minimum absolute atomic E-state index is 0.0302. The second kappa shape index (κ2) is 9.69. The van der Waals surface area contributed by atoms with Gasteiger partial charge in [-0.15, -0.1) is 0 Å². The number of thioether (sulfide) groups is 1. The van der Waals surface area contributed by atoms with E-state index in [1.54, 1.807) is 28.8 Å². The van der Waals surface area contributed by atoms with Crippen LogP contribution in [-0.2, 0) is 11.8 Å². The van der Waals surface area contributed by atoms with Crippen molar-refractivity contribution in [2.24, 2.45) is 7.05 Å². The number of nitrogens with zero attached hydrogens (tertiary/aromatic N) is 3. The van der Waals surface area contributed by atoms with Crippen LogP contribution in [0.1, 0.15) is 37.2 Å². The van der Waals surface area contributed by atoms with Gasteiger partial charge in [-0.05, 0) is 50.6 Å². The van der Waals surface area contributed by atoms with Gasteiger partial charge in [0.15, 0.2) is 10.9 Å². The molecule has 2 heterocycles. The molecule has 1 amide bonds.